The van der Waals surface area contributed by atoms with E-state index in [1.807, 2.05) is 0 Å². The van der Waals surface area contributed by atoms with E-state index >= 15 is 0 Å². The molecule has 20 heavy (non-hydrogen) atoms. The number of carbonyl (C=O) groups is 2. The van der Waals surface area contributed by atoms with E-state index in [0.717, 1.165) is 24.3 Å². The number of hydrogen-bond donors (Lipinski definition) is 1. The van der Waals surface area contributed by atoms with Gasteiger partial charge in [0.15, 0.2) is 0 Å². The molecule has 0 bridgehead atoms. The number of halogens is 3. The molecular weight excluding hydrogens is 275 g/mol. The predicted octanol–water partition coefficient (Wildman–Crippen LogP) is 2.14. The van der Waals surface area contributed by atoms with Gasteiger partial charge in [-0.15, -0.1) is 0 Å². The first-order valence-electron chi connectivity index (χ1n) is 6.00. The van der Waals surface area contributed by atoms with E-state index < -0.39 is 17.7 Å². The Kier molecular flexibility index (Phi) is 3.96. The largest absolute Gasteiger partial charge is 0.460 e. The van der Waals surface area contributed by atoms with E-state index in [4.69, 9.17) is 4.74 Å². The van der Waals surface area contributed by atoms with E-state index in [2.05, 4.69) is 5.32 Å². The molecule has 1 aliphatic heterocycles. The molecule has 1 atom stereocenters. The van der Waals surface area contributed by atoms with Crippen LogP contribution in [0, 0.1) is 0 Å². The van der Waals surface area contributed by atoms with Gasteiger partial charge in [-0.2, -0.15) is 13.2 Å². The van der Waals surface area contributed by atoms with Crippen molar-refractivity contribution in [2.75, 3.05) is 6.61 Å². The molecule has 4 nitrogen and oxygen atoms in total. The van der Waals surface area contributed by atoms with Gasteiger partial charge in [0.05, 0.1) is 17.2 Å². The molecule has 0 unspecified atom stereocenters. The van der Waals surface area contributed by atoms with Crippen molar-refractivity contribution < 1.29 is 27.5 Å². The van der Waals surface area contributed by atoms with E-state index in [1.54, 1.807) is 0 Å². The number of carbonyl (C=O) groups excluding carboxylic acids is 2. The van der Waals surface area contributed by atoms with Crippen LogP contribution in [0.5, 0.6) is 0 Å². The lowest BCUT2D eigenvalue weighted by atomic mass is 10.1. The van der Waals surface area contributed by atoms with Crippen molar-refractivity contribution in [2.24, 2.45) is 0 Å². The SMILES string of the molecule is O=C1CC[C@@H](COC(=O)c2ccc(C(F)(F)F)cc2)N1. The zero-order chi connectivity index (χ0) is 14.8. The Morgan fingerprint density at radius 2 is 1.95 bits per heavy atom. The van der Waals surface area contributed by atoms with Crippen molar-refractivity contribution in [3.8, 4) is 0 Å². The Labute approximate surface area is 112 Å². The number of hydrogen-bond acceptors (Lipinski definition) is 3. The normalized spacial score (nSPS) is 18.8. The highest BCUT2D eigenvalue weighted by atomic mass is 19.4. The summed E-state index contributed by atoms with van der Waals surface area (Å²) in [7, 11) is 0. The lowest BCUT2D eigenvalue weighted by molar-refractivity contribution is -0.137. The van der Waals surface area contributed by atoms with Crippen LogP contribution in [0.3, 0.4) is 0 Å². The number of alkyl halides is 3. The van der Waals surface area contributed by atoms with E-state index in [-0.39, 0.29) is 24.1 Å². The molecular formula is C13H12F3NO3. The average molecular weight is 287 g/mol. The molecule has 0 aromatic heterocycles. The van der Waals surface area contributed by atoms with Crippen LogP contribution < -0.4 is 5.32 Å². The molecule has 1 heterocycles. The van der Waals surface area contributed by atoms with Gasteiger partial charge in [-0.25, -0.2) is 4.79 Å². The summed E-state index contributed by atoms with van der Waals surface area (Å²) < 4.78 is 42.0. The summed E-state index contributed by atoms with van der Waals surface area (Å²) in [6, 6.07) is 3.57. The Morgan fingerprint density at radius 1 is 1.30 bits per heavy atom. The standard InChI is InChI=1S/C13H12F3NO3/c14-13(15,16)9-3-1-8(2-4-9)12(19)20-7-10-5-6-11(18)17-10/h1-4,10H,5-7H2,(H,17,18)/t10-/m0/s1. The Hall–Kier alpha value is -2.05. The van der Waals surface area contributed by atoms with Gasteiger partial charge in [-0.05, 0) is 30.7 Å². The summed E-state index contributed by atoms with van der Waals surface area (Å²) in [5.74, 6) is -0.805. The van der Waals surface area contributed by atoms with Gasteiger partial charge in [0.2, 0.25) is 5.91 Å². The second-order valence-electron chi connectivity index (χ2n) is 4.48. The van der Waals surface area contributed by atoms with Gasteiger partial charge in [0.25, 0.3) is 0 Å². The van der Waals surface area contributed by atoms with Crippen LogP contribution in [-0.4, -0.2) is 24.5 Å². The molecule has 0 aliphatic carbocycles. The van der Waals surface area contributed by atoms with Crippen molar-refractivity contribution in [3.63, 3.8) is 0 Å². The third-order valence-electron chi connectivity index (χ3n) is 2.95. The molecule has 0 saturated carbocycles. The van der Waals surface area contributed by atoms with Gasteiger partial charge in [0.1, 0.15) is 6.61 Å². The van der Waals surface area contributed by atoms with Crippen LogP contribution in [0.25, 0.3) is 0 Å². The number of ether oxygens (including phenoxy) is 1. The maximum Gasteiger partial charge on any atom is 0.416 e. The minimum absolute atomic E-state index is 0.0194. The fourth-order valence-corrected chi connectivity index (χ4v) is 1.86. The highest BCUT2D eigenvalue weighted by Crippen LogP contribution is 2.29. The van der Waals surface area contributed by atoms with Gasteiger partial charge in [-0.1, -0.05) is 0 Å². The summed E-state index contributed by atoms with van der Waals surface area (Å²) in [6.45, 7) is 0.0194. The van der Waals surface area contributed by atoms with Gasteiger partial charge in [0, 0.05) is 6.42 Å². The second-order valence-corrected chi connectivity index (χ2v) is 4.48. The summed E-state index contributed by atoms with van der Waals surface area (Å²) in [6.07, 6.45) is -3.46. The van der Waals surface area contributed by atoms with Crippen molar-refractivity contribution in [3.05, 3.63) is 35.4 Å². The fourth-order valence-electron chi connectivity index (χ4n) is 1.86. The van der Waals surface area contributed by atoms with Crippen LogP contribution in [0.15, 0.2) is 24.3 Å². The van der Waals surface area contributed by atoms with Crippen LogP contribution in [0.1, 0.15) is 28.8 Å². The Balaban J connectivity index is 1.91. The third-order valence-corrected chi connectivity index (χ3v) is 2.95. The molecule has 0 radical (unpaired) electrons. The Morgan fingerprint density at radius 3 is 2.45 bits per heavy atom. The zero-order valence-corrected chi connectivity index (χ0v) is 10.4. The quantitative estimate of drug-likeness (QED) is 0.867. The second kappa shape index (κ2) is 5.52. The van der Waals surface area contributed by atoms with Crippen molar-refractivity contribution in [1.82, 2.24) is 5.32 Å². The molecule has 2 rings (SSSR count). The van der Waals surface area contributed by atoms with Gasteiger partial charge < -0.3 is 10.1 Å². The molecule has 1 aliphatic rings. The van der Waals surface area contributed by atoms with Crippen LogP contribution in [-0.2, 0) is 15.7 Å². The van der Waals surface area contributed by atoms with Crippen LogP contribution >= 0.6 is 0 Å². The lowest BCUT2D eigenvalue weighted by Crippen LogP contribution is -2.30. The predicted molar refractivity (Wildman–Crippen MR) is 62.9 cm³/mol. The van der Waals surface area contributed by atoms with Crippen LogP contribution in [0.2, 0.25) is 0 Å². The maximum absolute atomic E-state index is 12.4. The molecule has 1 amide bonds. The van der Waals surface area contributed by atoms with Crippen LogP contribution in [0.4, 0.5) is 13.2 Å². The monoisotopic (exact) mass is 287 g/mol. The molecule has 1 fully saturated rings. The molecule has 1 N–H and O–H groups in total. The first-order valence-corrected chi connectivity index (χ1v) is 6.00. The zero-order valence-electron chi connectivity index (χ0n) is 10.4. The number of rotatable bonds is 3. The van der Waals surface area contributed by atoms with Crippen molar-refractivity contribution >= 4 is 11.9 Å². The summed E-state index contributed by atoms with van der Waals surface area (Å²) in [5.41, 5.74) is -0.778. The molecule has 1 saturated heterocycles. The molecule has 0 spiro atoms. The molecule has 1 aromatic carbocycles. The van der Waals surface area contributed by atoms with Gasteiger partial charge in [-0.3, -0.25) is 4.79 Å². The number of esters is 1. The summed E-state index contributed by atoms with van der Waals surface area (Å²) in [5, 5.41) is 2.62. The van der Waals surface area contributed by atoms with Crippen molar-refractivity contribution in [2.45, 2.75) is 25.1 Å². The number of nitrogens with one attached hydrogen (secondary N) is 1. The highest BCUT2D eigenvalue weighted by Gasteiger charge is 2.30. The molecule has 7 heteroatoms. The van der Waals surface area contributed by atoms with E-state index in [0.29, 0.717) is 12.8 Å². The first kappa shape index (κ1) is 14.4. The van der Waals surface area contributed by atoms with E-state index in [1.165, 1.54) is 0 Å². The average Bonchev–Trinajstić information content (AvgIpc) is 2.81. The number of benzene rings is 1. The summed E-state index contributed by atoms with van der Waals surface area (Å²) >= 11 is 0. The Bertz CT molecular complexity index is 511. The minimum atomic E-state index is -4.43. The van der Waals surface area contributed by atoms with E-state index in [9.17, 15) is 22.8 Å². The maximum atomic E-state index is 12.4. The molecule has 108 valence electrons. The first-order chi connectivity index (χ1) is 9.36. The fraction of sp³-hybridized carbons (Fsp3) is 0.385. The lowest BCUT2D eigenvalue weighted by Gasteiger charge is -2.11. The molecule has 1 aromatic rings. The summed E-state index contributed by atoms with van der Waals surface area (Å²) in [4.78, 5) is 22.6. The third kappa shape index (κ3) is 3.49. The van der Waals surface area contributed by atoms with Crippen molar-refractivity contribution in [1.29, 1.82) is 0 Å². The highest BCUT2D eigenvalue weighted by molar-refractivity contribution is 5.89. The minimum Gasteiger partial charge on any atom is -0.460 e. The number of amides is 1. The smallest absolute Gasteiger partial charge is 0.416 e. The topological polar surface area (TPSA) is 55.4 Å². The van der Waals surface area contributed by atoms with Gasteiger partial charge >= 0.3 is 12.1 Å².